The second-order valence-electron chi connectivity index (χ2n) is 8.36. The zero-order chi connectivity index (χ0) is 18.4. The van der Waals surface area contributed by atoms with E-state index in [-0.39, 0.29) is 11.6 Å². The van der Waals surface area contributed by atoms with Gasteiger partial charge in [-0.2, -0.15) is 0 Å². The molecule has 0 bridgehead atoms. The normalized spacial score (nSPS) is 21.6. The molecule has 5 nitrogen and oxygen atoms in total. The van der Waals surface area contributed by atoms with Crippen LogP contribution in [0.4, 0.5) is 10.5 Å². The van der Waals surface area contributed by atoms with Crippen molar-refractivity contribution in [3.05, 3.63) is 30.3 Å². The third-order valence-corrected chi connectivity index (χ3v) is 5.85. The fourth-order valence-corrected chi connectivity index (χ4v) is 4.08. The monoisotopic (exact) mass is 358 g/mol. The molecule has 0 saturated carbocycles. The number of nitrogens with zero attached hydrogens (tertiary/aromatic N) is 2. The first-order valence-corrected chi connectivity index (χ1v) is 10.1. The molecule has 2 amide bonds. The van der Waals surface area contributed by atoms with Gasteiger partial charge in [0.1, 0.15) is 0 Å². The van der Waals surface area contributed by atoms with Gasteiger partial charge in [0.2, 0.25) is 0 Å². The third-order valence-electron chi connectivity index (χ3n) is 5.85. The molecule has 2 fully saturated rings. The van der Waals surface area contributed by atoms with Gasteiger partial charge in [-0.3, -0.25) is 4.90 Å². The Hall–Kier alpha value is -1.75. The number of para-hydroxylation sites is 1. The van der Waals surface area contributed by atoms with E-state index in [1.54, 1.807) is 0 Å². The lowest BCUT2D eigenvalue weighted by atomic mass is 9.98. The van der Waals surface area contributed by atoms with Gasteiger partial charge in [-0.25, -0.2) is 4.79 Å². The maximum atomic E-state index is 12.2. The predicted molar refractivity (Wildman–Crippen MR) is 108 cm³/mol. The molecular formula is C21H34N4O. The molecule has 1 aromatic carbocycles. The summed E-state index contributed by atoms with van der Waals surface area (Å²) < 4.78 is 0. The molecule has 1 atom stereocenters. The summed E-state index contributed by atoms with van der Waals surface area (Å²) in [6.45, 7) is 10.3. The Bertz CT molecular complexity index is 569. The minimum Gasteiger partial charge on any atom is -0.371 e. The molecule has 0 aromatic heterocycles. The van der Waals surface area contributed by atoms with Gasteiger partial charge >= 0.3 is 6.03 Å². The Kier molecular flexibility index (Phi) is 6.41. The average Bonchev–Trinajstić information content (AvgIpc) is 3.15. The first-order chi connectivity index (χ1) is 12.5. The second-order valence-corrected chi connectivity index (χ2v) is 8.36. The van der Waals surface area contributed by atoms with Crippen molar-refractivity contribution < 1.29 is 4.79 Å². The molecular weight excluding hydrogens is 324 g/mol. The Morgan fingerprint density at radius 2 is 1.81 bits per heavy atom. The van der Waals surface area contributed by atoms with Gasteiger partial charge in [0.15, 0.2) is 0 Å². The van der Waals surface area contributed by atoms with Crippen molar-refractivity contribution in [2.24, 2.45) is 5.92 Å². The van der Waals surface area contributed by atoms with E-state index >= 15 is 0 Å². The number of likely N-dealkylation sites (tertiary alicyclic amines) is 1. The van der Waals surface area contributed by atoms with E-state index in [1.807, 2.05) is 6.07 Å². The summed E-state index contributed by atoms with van der Waals surface area (Å²) in [7, 11) is 0. The van der Waals surface area contributed by atoms with Crippen molar-refractivity contribution in [2.45, 2.75) is 45.1 Å². The largest absolute Gasteiger partial charge is 0.371 e. The number of hydrogen-bond acceptors (Lipinski definition) is 3. The Labute approximate surface area is 158 Å². The Morgan fingerprint density at radius 3 is 2.54 bits per heavy atom. The van der Waals surface area contributed by atoms with E-state index in [0.717, 1.165) is 39.1 Å². The summed E-state index contributed by atoms with van der Waals surface area (Å²) in [5.41, 5.74) is 1.30. The smallest absolute Gasteiger partial charge is 0.314 e. The van der Waals surface area contributed by atoms with Crippen LogP contribution in [0.2, 0.25) is 0 Å². The van der Waals surface area contributed by atoms with E-state index in [9.17, 15) is 4.79 Å². The maximum Gasteiger partial charge on any atom is 0.314 e. The first-order valence-electron chi connectivity index (χ1n) is 10.1. The van der Waals surface area contributed by atoms with Crippen molar-refractivity contribution in [2.75, 3.05) is 44.2 Å². The maximum absolute atomic E-state index is 12.2. The van der Waals surface area contributed by atoms with Crippen molar-refractivity contribution in [3.63, 3.8) is 0 Å². The number of carbonyl (C=O) groups is 1. The molecule has 2 heterocycles. The van der Waals surface area contributed by atoms with Gasteiger partial charge < -0.3 is 15.5 Å². The number of hydrogen-bond donors (Lipinski definition) is 2. The van der Waals surface area contributed by atoms with Gasteiger partial charge in [-0.1, -0.05) is 24.6 Å². The number of nitrogens with one attached hydrogen (secondary N) is 2. The third kappa shape index (κ3) is 5.13. The summed E-state index contributed by atoms with van der Waals surface area (Å²) in [5.74, 6) is 0.524. The van der Waals surface area contributed by atoms with Gasteiger partial charge in [0, 0.05) is 37.4 Å². The summed E-state index contributed by atoms with van der Waals surface area (Å²) >= 11 is 0. The van der Waals surface area contributed by atoms with Crippen molar-refractivity contribution in [1.82, 2.24) is 15.5 Å². The SMILES string of the molecule is CC(C)(CNC(=O)NC[C@@H]1CCN(c2ccccc2)C1)N1CCCCC1. The number of benzene rings is 1. The molecule has 0 unspecified atom stereocenters. The molecule has 2 aliphatic heterocycles. The van der Waals surface area contributed by atoms with Crippen LogP contribution in [0.3, 0.4) is 0 Å². The highest BCUT2D eigenvalue weighted by molar-refractivity contribution is 5.73. The lowest BCUT2D eigenvalue weighted by Crippen LogP contribution is -2.54. The number of anilines is 1. The number of carbonyl (C=O) groups excluding carboxylic acids is 1. The van der Waals surface area contributed by atoms with Crippen LogP contribution in [0, 0.1) is 5.92 Å². The van der Waals surface area contributed by atoms with Crippen LogP contribution < -0.4 is 15.5 Å². The second kappa shape index (κ2) is 8.76. The highest BCUT2D eigenvalue weighted by Gasteiger charge is 2.28. The van der Waals surface area contributed by atoms with E-state index in [0.29, 0.717) is 12.5 Å². The minimum absolute atomic E-state index is 0.0230. The molecule has 144 valence electrons. The van der Waals surface area contributed by atoms with Gasteiger partial charge in [-0.05, 0) is 64.3 Å². The zero-order valence-corrected chi connectivity index (χ0v) is 16.3. The van der Waals surface area contributed by atoms with Crippen LogP contribution in [-0.4, -0.2) is 55.7 Å². The van der Waals surface area contributed by atoms with E-state index < -0.39 is 0 Å². The van der Waals surface area contributed by atoms with Crippen molar-refractivity contribution in [1.29, 1.82) is 0 Å². The van der Waals surface area contributed by atoms with E-state index in [4.69, 9.17) is 0 Å². The molecule has 0 spiro atoms. The number of piperidine rings is 1. The number of urea groups is 1. The zero-order valence-electron chi connectivity index (χ0n) is 16.3. The Balaban J connectivity index is 1.36. The quantitative estimate of drug-likeness (QED) is 0.822. The van der Waals surface area contributed by atoms with Crippen LogP contribution >= 0.6 is 0 Å². The van der Waals surface area contributed by atoms with Crippen LogP contribution in [0.1, 0.15) is 39.5 Å². The molecule has 2 N–H and O–H groups in total. The first kappa shape index (κ1) is 19.0. The Morgan fingerprint density at radius 1 is 1.08 bits per heavy atom. The highest BCUT2D eigenvalue weighted by Crippen LogP contribution is 2.23. The molecule has 0 radical (unpaired) electrons. The van der Waals surface area contributed by atoms with Gasteiger partial charge in [0.05, 0.1) is 0 Å². The average molecular weight is 359 g/mol. The molecule has 26 heavy (non-hydrogen) atoms. The minimum atomic E-state index is -0.0340. The molecule has 1 aromatic rings. The van der Waals surface area contributed by atoms with Crippen molar-refractivity contribution >= 4 is 11.7 Å². The topological polar surface area (TPSA) is 47.6 Å². The van der Waals surface area contributed by atoms with Crippen LogP contribution in [0.15, 0.2) is 30.3 Å². The number of amides is 2. The number of rotatable bonds is 6. The summed E-state index contributed by atoms with van der Waals surface area (Å²) in [5, 5.41) is 6.16. The lowest BCUT2D eigenvalue weighted by Gasteiger charge is -2.41. The van der Waals surface area contributed by atoms with Crippen LogP contribution in [0.25, 0.3) is 0 Å². The highest BCUT2D eigenvalue weighted by atomic mass is 16.2. The van der Waals surface area contributed by atoms with Crippen LogP contribution in [0.5, 0.6) is 0 Å². The summed E-state index contributed by atoms with van der Waals surface area (Å²) in [4.78, 5) is 17.1. The molecule has 5 heteroatoms. The van der Waals surface area contributed by atoms with Gasteiger partial charge in [-0.15, -0.1) is 0 Å². The standard InChI is InChI=1S/C21H34N4O/c1-21(2,25-12-7-4-8-13-25)17-23-20(26)22-15-18-11-14-24(16-18)19-9-5-3-6-10-19/h3,5-6,9-10,18H,4,7-8,11-17H2,1-2H3,(H2,22,23,26)/t18-/m0/s1. The van der Waals surface area contributed by atoms with E-state index in [1.165, 1.54) is 24.9 Å². The predicted octanol–water partition coefficient (Wildman–Crippen LogP) is 3.08. The molecule has 2 aliphatic rings. The fraction of sp³-hybridized carbons (Fsp3) is 0.667. The fourth-order valence-electron chi connectivity index (χ4n) is 4.08. The van der Waals surface area contributed by atoms with Crippen molar-refractivity contribution in [3.8, 4) is 0 Å². The summed E-state index contributed by atoms with van der Waals surface area (Å²) in [6, 6.07) is 10.5. The van der Waals surface area contributed by atoms with E-state index in [2.05, 4.69) is 58.5 Å². The lowest BCUT2D eigenvalue weighted by molar-refractivity contribution is 0.0960. The van der Waals surface area contributed by atoms with Gasteiger partial charge in [0.25, 0.3) is 0 Å². The molecule has 3 rings (SSSR count). The molecule has 0 aliphatic carbocycles. The van der Waals surface area contributed by atoms with Crippen LogP contribution in [-0.2, 0) is 0 Å². The summed E-state index contributed by atoms with van der Waals surface area (Å²) in [6.07, 6.45) is 5.01. The molecule has 2 saturated heterocycles.